The first kappa shape index (κ1) is 12.8. The molecule has 1 aliphatic heterocycles. The molecule has 3 nitrogen and oxygen atoms in total. The van der Waals surface area contributed by atoms with Gasteiger partial charge in [-0.1, -0.05) is 11.6 Å². The minimum atomic E-state index is -0.433. The lowest BCUT2D eigenvalue weighted by Crippen LogP contribution is -2.41. The molecule has 1 saturated heterocycles. The lowest BCUT2D eigenvalue weighted by Gasteiger charge is -2.32. The van der Waals surface area contributed by atoms with Gasteiger partial charge in [-0.3, -0.25) is 0 Å². The summed E-state index contributed by atoms with van der Waals surface area (Å²) < 4.78 is 17.8. The Morgan fingerprint density at radius 2 is 1.58 bits per heavy atom. The van der Waals surface area contributed by atoms with Gasteiger partial charge in [0.05, 0.1) is 11.2 Å². The number of fused-ring (bicyclic) bond motifs is 1. The van der Waals surface area contributed by atoms with Gasteiger partial charge in [-0.15, -0.1) is 0 Å². The zero-order chi connectivity index (χ0) is 13.8. The Balaban J connectivity index is 1.98. The maximum absolute atomic E-state index is 5.99. The highest BCUT2D eigenvalue weighted by Crippen LogP contribution is 2.36. The van der Waals surface area contributed by atoms with Crippen LogP contribution in [0.25, 0.3) is 11.0 Å². The van der Waals surface area contributed by atoms with Crippen molar-refractivity contribution in [2.24, 2.45) is 0 Å². The topological polar surface area (TPSA) is 31.6 Å². The second-order valence-electron chi connectivity index (χ2n) is 6.28. The molecule has 0 amide bonds. The van der Waals surface area contributed by atoms with Crippen LogP contribution in [0.2, 0.25) is 0 Å². The van der Waals surface area contributed by atoms with E-state index in [1.54, 1.807) is 0 Å². The minimum absolute atomic E-state index is 0.341. The average Bonchev–Trinajstić information content (AvgIpc) is 2.78. The summed E-state index contributed by atoms with van der Waals surface area (Å²) in [5.41, 5.74) is 2.14. The van der Waals surface area contributed by atoms with E-state index < -0.39 is 7.12 Å². The molecule has 0 aliphatic carbocycles. The molecule has 1 aromatic carbocycles. The first-order valence-corrected chi connectivity index (χ1v) is 6.64. The van der Waals surface area contributed by atoms with E-state index >= 15 is 0 Å². The fraction of sp³-hybridized carbons (Fsp3) is 0.467. The van der Waals surface area contributed by atoms with E-state index in [1.165, 1.54) is 5.56 Å². The third kappa shape index (κ3) is 1.99. The number of benzene rings is 1. The average molecular weight is 258 g/mol. The van der Waals surface area contributed by atoms with Crippen LogP contribution in [0.15, 0.2) is 28.7 Å². The van der Waals surface area contributed by atoms with Crippen molar-refractivity contribution in [1.82, 2.24) is 0 Å². The summed E-state index contributed by atoms with van der Waals surface area (Å²) >= 11 is 0. The summed E-state index contributed by atoms with van der Waals surface area (Å²) in [6.45, 7) is 10.2. The quantitative estimate of drug-likeness (QED) is 0.737. The molecule has 1 aliphatic rings. The van der Waals surface area contributed by atoms with E-state index in [4.69, 9.17) is 13.7 Å². The van der Waals surface area contributed by atoms with Crippen molar-refractivity contribution in [1.29, 1.82) is 0 Å². The Hall–Kier alpha value is -1.26. The Morgan fingerprint density at radius 3 is 2.21 bits per heavy atom. The summed E-state index contributed by atoms with van der Waals surface area (Å²) in [7, 11) is -0.433. The van der Waals surface area contributed by atoms with Gasteiger partial charge in [0.25, 0.3) is 0 Å². The van der Waals surface area contributed by atoms with Crippen LogP contribution >= 0.6 is 0 Å². The van der Waals surface area contributed by atoms with E-state index in [-0.39, 0.29) is 11.2 Å². The van der Waals surface area contributed by atoms with Crippen molar-refractivity contribution < 1.29 is 13.7 Å². The summed E-state index contributed by atoms with van der Waals surface area (Å²) in [4.78, 5) is 0. The van der Waals surface area contributed by atoms with Crippen LogP contribution in [0.4, 0.5) is 0 Å². The molecule has 0 radical (unpaired) electrons. The van der Waals surface area contributed by atoms with Crippen molar-refractivity contribution >= 4 is 23.7 Å². The molecule has 0 atom stereocenters. The molecule has 0 spiro atoms. The molecular weight excluding hydrogens is 239 g/mol. The van der Waals surface area contributed by atoms with Gasteiger partial charge < -0.3 is 13.7 Å². The molecule has 2 heterocycles. The van der Waals surface area contributed by atoms with Gasteiger partial charge in [-0.2, -0.15) is 0 Å². The van der Waals surface area contributed by atoms with Gasteiger partial charge in [-0.05, 0) is 52.8 Å². The third-order valence-corrected chi connectivity index (χ3v) is 4.18. The smallest absolute Gasteiger partial charge is 0.465 e. The van der Waals surface area contributed by atoms with Crippen molar-refractivity contribution in [2.45, 2.75) is 45.8 Å². The molecule has 0 N–H and O–H groups in total. The van der Waals surface area contributed by atoms with Crippen LogP contribution in [-0.4, -0.2) is 18.3 Å². The number of rotatable bonds is 1. The lowest BCUT2D eigenvalue weighted by molar-refractivity contribution is 0.00578. The standard InChI is InChI=1S/C15H19BO3/c1-10-6-7-12-11(8-10)9-13(17-12)16-18-14(2,3)15(4,5)19-16/h6-9H,1-5H3. The van der Waals surface area contributed by atoms with E-state index in [9.17, 15) is 0 Å². The predicted octanol–water partition coefficient (Wildman–Crippen LogP) is 3.04. The summed E-state index contributed by atoms with van der Waals surface area (Å²) in [5.74, 6) is 0. The van der Waals surface area contributed by atoms with E-state index in [2.05, 4.69) is 13.0 Å². The Labute approximate surface area is 114 Å². The van der Waals surface area contributed by atoms with Crippen molar-refractivity contribution in [3.8, 4) is 0 Å². The number of hydrogen-bond acceptors (Lipinski definition) is 3. The monoisotopic (exact) mass is 258 g/mol. The van der Waals surface area contributed by atoms with E-state index in [0.717, 1.165) is 16.6 Å². The minimum Gasteiger partial charge on any atom is -0.465 e. The van der Waals surface area contributed by atoms with Crippen molar-refractivity contribution in [3.05, 3.63) is 29.8 Å². The molecule has 100 valence electrons. The molecule has 1 fully saturated rings. The van der Waals surface area contributed by atoms with Gasteiger partial charge in [0.2, 0.25) is 0 Å². The molecule has 0 unspecified atom stereocenters. The number of hydrogen-bond donors (Lipinski definition) is 0. The molecule has 2 aromatic rings. The SMILES string of the molecule is Cc1ccc2oc(B3OC(C)(C)C(C)(C)O3)cc2c1. The van der Waals surface area contributed by atoms with Crippen LogP contribution in [-0.2, 0) is 9.31 Å². The van der Waals surface area contributed by atoms with Crippen molar-refractivity contribution in [2.75, 3.05) is 0 Å². The highest BCUT2D eigenvalue weighted by molar-refractivity contribution is 6.61. The van der Waals surface area contributed by atoms with Gasteiger partial charge >= 0.3 is 7.12 Å². The van der Waals surface area contributed by atoms with Gasteiger partial charge in [0, 0.05) is 5.39 Å². The summed E-state index contributed by atoms with van der Waals surface area (Å²) in [5, 5.41) is 1.09. The van der Waals surface area contributed by atoms with Crippen LogP contribution in [0.5, 0.6) is 0 Å². The number of aryl methyl sites for hydroxylation is 1. The summed E-state index contributed by atoms with van der Waals surface area (Å²) in [6.07, 6.45) is 0. The largest absolute Gasteiger partial charge is 0.532 e. The van der Waals surface area contributed by atoms with Crippen LogP contribution in [0.3, 0.4) is 0 Å². The maximum Gasteiger partial charge on any atom is 0.532 e. The highest BCUT2D eigenvalue weighted by Gasteiger charge is 2.53. The molecule has 1 aromatic heterocycles. The first-order valence-electron chi connectivity index (χ1n) is 6.64. The third-order valence-electron chi connectivity index (χ3n) is 4.18. The molecule has 19 heavy (non-hydrogen) atoms. The molecule has 3 rings (SSSR count). The molecule has 0 saturated carbocycles. The van der Waals surface area contributed by atoms with Gasteiger partial charge in [0.1, 0.15) is 11.2 Å². The maximum atomic E-state index is 5.99. The number of furan rings is 1. The van der Waals surface area contributed by atoms with Crippen LogP contribution in [0, 0.1) is 6.92 Å². The second kappa shape index (κ2) is 3.87. The Bertz CT molecular complexity index is 611. The normalized spacial score (nSPS) is 21.2. The fourth-order valence-corrected chi connectivity index (χ4v) is 2.26. The van der Waals surface area contributed by atoms with E-state index in [1.807, 2.05) is 45.9 Å². The molecule has 0 bridgehead atoms. The second-order valence-corrected chi connectivity index (χ2v) is 6.28. The van der Waals surface area contributed by atoms with E-state index in [0.29, 0.717) is 0 Å². The van der Waals surface area contributed by atoms with Crippen LogP contribution in [0.1, 0.15) is 33.3 Å². The Morgan fingerprint density at radius 1 is 0.947 bits per heavy atom. The van der Waals surface area contributed by atoms with Gasteiger partial charge in [-0.25, -0.2) is 0 Å². The highest BCUT2D eigenvalue weighted by atomic mass is 16.7. The lowest BCUT2D eigenvalue weighted by atomic mass is 9.86. The predicted molar refractivity (Wildman–Crippen MR) is 76.7 cm³/mol. The molecule has 4 heteroatoms. The molecular formula is C15H19BO3. The Kier molecular flexibility index (Phi) is 2.60. The van der Waals surface area contributed by atoms with Gasteiger partial charge in [0.15, 0.2) is 0 Å². The zero-order valence-electron chi connectivity index (χ0n) is 12.1. The summed E-state index contributed by atoms with van der Waals surface area (Å²) in [6, 6.07) is 8.14. The van der Waals surface area contributed by atoms with Crippen molar-refractivity contribution in [3.63, 3.8) is 0 Å². The fourth-order valence-electron chi connectivity index (χ4n) is 2.26. The first-order chi connectivity index (χ1) is 8.78. The zero-order valence-corrected chi connectivity index (χ0v) is 12.1. The van der Waals surface area contributed by atoms with Crippen LogP contribution < -0.4 is 5.66 Å².